The summed E-state index contributed by atoms with van der Waals surface area (Å²) in [4.78, 5) is 14.6. The van der Waals surface area contributed by atoms with Crippen LogP contribution in [0.15, 0.2) is 29.3 Å². The third-order valence-electron chi connectivity index (χ3n) is 3.18. The number of aromatic amines is 1. The van der Waals surface area contributed by atoms with E-state index in [1.165, 1.54) is 18.2 Å². The van der Waals surface area contributed by atoms with Crippen molar-refractivity contribution in [2.45, 2.75) is 37.8 Å². The molecule has 2 aromatic rings. The summed E-state index contributed by atoms with van der Waals surface area (Å²) in [5.41, 5.74) is -0.215. The Morgan fingerprint density at radius 1 is 1.27 bits per heavy atom. The van der Waals surface area contributed by atoms with Crippen LogP contribution in [0.3, 0.4) is 0 Å². The van der Waals surface area contributed by atoms with E-state index in [9.17, 15) is 17.6 Å². The number of amides is 1. The van der Waals surface area contributed by atoms with Crippen LogP contribution in [0.4, 0.5) is 4.39 Å². The number of hydrogen-bond donors (Lipinski definition) is 3. The van der Waals surface area contributed by atoms with Crippen molar-refractivity contribution in [1.82, 2.24) is 15.0 Å². The average Bonchev–Trinajstić information content (AvgIpc) is 2.88. The molecule has 0 aliphatic carbocycles. The van der Waals surface area contributed by atoms with E-state index in [4.69, 9.17) is 23.2 Å². The summed E-state index contributed by atoms with van der Waals surface area (Å²) in [6.07, 6.45) is 1.15. The molecular formula is C16H18Cl2FN3O3S. The number of benzene rings is 1. The molecule has 3 N–H and O–H groups in total. The lowest BCUT2D eigenvalue weighted by Gasteiger charge is -2.19. The fraction of sp³-hybridized carbons (Fsp3) is 0.312. The number of nitrogens with one attached hydrogen (secondary N) is 3. The smallest absolute Gasteiger partial charge is 0.269 e. The molecule has 0 radical (unpaired) electrons. The Balaban J connectivity index is 2.16. The number of sulfonamides is 1. The van der Waals surface area contributed by atoms with E-state index < -0.39 is 27.3 Å². The molecule has 142 valence electrons. The SMILES string of the molecule is CC(C)(C)NS(=O)(=O)c1c[nH]c(C(=O)NCc2ccc(F)c(Cl)c2)c1Cl. The lowest BCUT2D eigenvalue weighted by molar-refractivity contribution is 0.0946. The van der Waals surface area contributed by atoms with E-state index >= 15 is 0 Å². The van der Waals surface area contributed by atoms with Crippen molar-refractivity contribution in [3.63, 3.8) is 0 Å². The zero-order chi connectivity index (χ0) is 19.7. The second-order valence-electron chi connectivity index (χ2n) is 6.63. The van der Waals surface area contributed by atoms with Crippen molar-refractivity contribution in [1.29, 1.82) is 0 Å². The zero-order valence-corrected chi connectivity index (χ0v) is 16.6. The Hall–Kier alpha value is -1.61. The highest BCUT2D eigenvalue weighted by molar-refractivity contribution is 7.89. The number of carbonyl (C=O) groups excluding carboxylic acids is 1. The van der Waals surface area contributed by atoms with E-state index in [-0.39, 0.29) is 27.2 Å². The van der Waals surface area contributed by atoms with Gasteiger partial charge in [0.1, 0.15) is 16.4 Å². The number of carbonyl (C=O) groups is 1. The first-order valence-electron chi connectivity index (χ1n) is 7.54. The number of hydrogen-bond acceptors (Lipinski definition) is 3. The first-order chi connectivity index (χ1) is 11.9. The molecular weight excluding hydrogens is 404 g/mol. The molecule has 0 aliphatic rings. The molecule has 2 rings (SSSR count). The van der Waals surface area contributed by atoms with E-state index in [2.05, 4.69) is 15.0 Å². The van der Waals surface area contributed by atoms with Crippen LogP contribution in [-0.2, 0) is 16.6 Å². The fourth-order valence-corrected chi connectivity index (χ4v) is 4.30. The molecule has 10 heteroatoms. The molecule has 0 saturated heterocycles. The highest BCUT2D eigenvalue weighted by atomic mass is 35.5. The van der Waals surface area contributed by atoms with Gasteiger partial charge in [-0.15, -0.1) is 0 Å². The van der Waals surface area contributed by atoms with Gasteiger partial charge < -0.3 is 10.3 Å². The van der Waals surface area contributed by atoms with Crippen molar-refractivity contribution in [3.8, 4) is 0 Å². The van der Waals surface area contributed by atoms with Crippen molar-refractivity contribution in [2.75, 3.05) is 0 Å². The van der Waals surface area contributed by atoms with E-state index in [0.29, 0.717) is 5.56 Å². The van der Waals surface area contributed by atoms with Crippen LogP contribution in [0.25, 0.3) is 0 Å². The Morgan fingerprint density at radius 2 is 1.92 bits per heavy atom. The van der Waals surface area contributed by atoms with Gasteiger partial charge in [0.05, 0.1) is 10.0 Å². The molecule has 26 heavy (non-hydrogen) atoms. The van der Waals surface area contributed by atoms with Gasteiger partial charge >= 0.3 is 0 Å². The van der Waals surface area contributed by atoms with Gasteiger partial charge in [0.2, 0.25) is 10.0 Å². The molecule has 0 fully saturated rings. The van der Waals surface area contributed by atoms with Crippen LogP contribution < -0.4 is 10.0 Å². The van der Waals surface area contributed by atoms with Gasteiger partial charge in [-0.1, -0.05) is 29.3 Å². The van der Waals surface area contributed by atoms with Crippen LogP contribution in [0.5, 0.6) is 0 Å². The van der Waals surface area contributed by atoms with Gasteiger partial charge in [0.15, 0.2) is 0 Å². The summed E-state index contributed by atoms with van der Waals surface area (Å²) in [5.74, 6) is -1.16. The van der Waals surface area contributed by atoms with Gasteiger partial charge in [0.25, 0.3) is 5.91 Å². The quantitative estimate of drug-likeness (QED) is 0.689. The van der Waals surface area contributed by atoms with Gasteiger partial charge in [-0.3, -0.25) is 4.79 Å². The molecule has 0 aliphatic heterocycles. The molecule has 0 spiro atoms. The fourth-order valence-electron chi connectivity index (χ4n) is 2.13. The summed E-state index contributed by atoms with van der Waals surface area (Å²) >= 11 is 11.8. The van der Waals surface area contributed by atoms with Crippen LogP contribution in [0, 0.1) is 5.82 Å². The highest BCUT2D eigenvalue weighted by Crippen LogP contribution is 2.26. The van der Waals surface area contributed by atoms with E-state index in [1.54, 1.807) is 20.8 Å². The van der Waals surface area contributed by atoms with Crippen LogP contribution in [0.1, 0.15) is 36.8 Å². The summed E-state index contributed by atoms with van der Waals surface area (Å²) in [7, 11) is -3.89. The number of H-pyrrole nitrogens is 1. The Kier molecular flexibility index (Phi) is 6.02. The zero-order valence-electron chi connectivity index (χ0n) is 14.3. The first kappa shape index (κ1) is 20.7. The molecule has 0 unspecified atom stereocenters. The Labute approximate surface area is 161 Å². The Bertz CT molecular complexity index is 937. The van der Waals surface area contributed by atoms with Crippen molar-refractivity contribution in [2.24, 2.45) is 0 Å². The molecule has 1 heterocycles. The van der Waals surface area contributed by atoms with Crippen LogP contribution in [0.2, 0.25) is 10.0 Å². The maximum absolute atomic E-state index is 13.1. The minimum atomic E-state index is -3.89. The largest absolute Gasteiger partial charge is 0.355 e. The molecule has 0 bridgehead atoms. The molecule has 1 amide bonds. The first-order valence-corrected chi connectivity index (χ1v) is 9.77. The topological polar surface area (TPSA) is 91.1 Å². The highest BCUT2D eigenvalue weighted by Gasteiger charge is 2.28. The van der Waals surface area contributed by atoms with E-state index in [1.807, 2.05) is 0 Å². The molecule has 0 saturated carbocycles. The minimum Gasteiger partial charge on any atom is -0.355 e. The molecule has 1 aromatic carbocycles. The van der Waals surface area contributed by atoms with Gasteiger partial charge in [-0.25, -0.2) is 17.5 Å². The molecule has 1 aromatic heterocycles. The average molecular weight is 422 g/mol. The van der Waals surface area contributed by atoms with Crippen LogP contribution in [-0.4, -0.2) is 24.8 Å². The maximum Gasteiger partial charge on any atom is 0.269 e. The Morgan fingerprint density at radius 3 is 2.50 bits per heavy atom. The third kappa shape index (κ3) is 4.97. The number of halogens is 3. The third-order valence-corrected chi connectivity index (χ3v) is 5.75. The molecule has 0 atom stereocenters. The maximum atomic E-state index is 13.1. The van der Waals surface area contributed by atoms with E-state index in [0.717, 1.165) is 6.20 Å². The number of aromatic nitrogens is 1. The lowest BCUT2D eigenvalue weighted by Crippen LogP contribution is -2.40. The lowest BCUT2D eigenvalue weighted by atomic mass is 10.1. The van der Waals surface area contributed by atoms with Gasteiger partial charge in [-0.2, -0.15) is 0 Å². The molecule has 6 nitrogen and oxygen atoms in total. The van der Waals surface area contributed by atoms with Crippen molar-refractivity contribution in [3.05, 3.63) is 51.5 Å². The number of rotatable bonds is 5. The van der Waals surface area contributed by atoms with Crippen molar-refractivity contribution >= 4 is 39.1 Å². The van der Waals surface area contributed by atoms with Crippen molar-refractivity contribution < 1.29 is 17.6 Å². The second kappa shape index (κ2) is 7.56. The van der Waals surface area contributed by atoms with Gasteiger partial charge in [0, 0.05) is 18.3 Å². The standard InChI is InChI=1S/C16H18Cl2FN3O3S/c1-16(2,3)22-26(24,25)12-8-20-14(13(12)18)15(23)21-7-9-4-5-11(19)10(17)6-9/h4-6,8,20,22H,7H2,1-3H3,(H,21,23). The normalized spacial score (nSPS) is 12.2. The van der Waals surface area contributed by atoms with Gasteiger partial charge in [-0.05, 0) is 38.5 Å². The summed E-state index contributed by atoms with van der Waals surface area (Å²) in [5, 5.41) is 2.29. The predicted octanol–water partition coefficient (Wildman–Crippen LogP) is 3.47. The summed E-state index contributed by atoms with van der Waals surface area (Å²) in [6.45, 7) is 5.13. The second-order valence-corrected chi connectivity index (χ2v) is 9.06. The summed E-state index contributed by atoms with van der Waals surface area (Å²) in [6, 6.07) is 4.05. The summed E-state index contributed by atoms with van der Waals surface area (Å²) < 4.78 is 40.3. The monoisotopic (exact) mass is 421 g/mol. The predicted molar refractivity (Wildman–Crippen MR) is 98.5 cm³/mol. The minimum absolute atomic E-state index is 0.0590. The van der Waals surface area contributed by atoms with Crippen LogP contribution >= 0.6 is 23.2 Å².